The molecule has 1 aromatic carbocycles. The molecule has 0 saturated carbocycles. The molecule has 2 aromatic rings. The average molecular weight is 458 g/mol. The van der Waals surface area contributed by atoms with E-state index in [4.69, 9.17) is 16.3 Å². The molecule has 2 atom stereocenters. The van der Waals surface area contributed by atoms with E-state index in [0.717, 1.165) is 35.7 Å². The maximum Gasteiger partial charge on any atom is 0.227 e. The minimum Gasteiger partial charge on any atom is -0.367 e. The van der Waals surface area contributed by atoms with Gasteiger partial charge in [-0.2, -0.15) is 0 Å². The van der Waals surface area contributed by atoms with Crippen LogP contribution in [0.3, 0.4) is 0 Å². The second kappa shape index (κ2) is 10.1. The highest BCUT2D eigenvalue weighted by Gasteiger charge is 2.32. The predicted octanol–water partition coefficient (Wildman–Crippen LogP) is 3.23. The second-order valence-corrected chi connectivity index (χ2v) is 9.35. The zero-order valence-corrected chi connectivity index (χ0v) is 19.8. The molecule has 1 fully saturated rings. The number of benzene rings is 1. The third kappa shape index (κ3) is 5.22. The van der Waals surface area contributed by atoms with Gasteiger partial charge < -0.3 is 19.9 Å². The van der Waals surface area contributed by atoms with E-state index < -0.39 is 0 Å². The third-order valence-electron chi connectivity index (χ3n) is 6.23. The zero-order chi connectivity index (χ0) is 22.7. The summed E-state index contributed by atoms with van der Waals surface area (Å²) in [5.74, 6) is 1.05. The number of carbonyl (C=O) groups is 1. The number of rotatable bonds is 7. The van der Waals surface area contributed by atoms with Gasteiger partial charge in [0.25, 0.3) is 0 Å². The predicted molar refractivity (Wildman–Crippen MR) is 126 cm³/mol. The molecule has 32 heavy (non-hydrogen) atoms. The Morgan fingerprint density at radius 2 is 1.91 bits per heavy atom. The first-order chi connectivity index (χ1) is 15.4. The van der Waals surface area contributed by atoms with Crippen LogP contribution in [0, 0.1) is 5.92 Å². The first kappa shape index (κ1) is 23.0. The second-order valence-electron chi connectivity index (χ2n) is 8.91. The van der Waals surface area contributed by atoms with E-state index >= 15 is 0 Å². The number of nitrogens with one attached hydrogen (secondary N) is 1. The number of carbonyl (C=O) groups excluding carboxylic acids is 1. The molecule has 1 amide bonds. The van der Waals surface area contributed by atoms with Gasteiger partial charge in [-0.25, -0.2) is 9.97 Å². The van der Waals surface area contributed by atoms with Gasteiger partial charge in [0.2, 0.25) is 5.91 Å². The first-order valence-electron chi connectivity index (χ1n) is 11.4. The van der Waals surface area contributed by atoms with Crippen molar-refractivity contribution in [2.45, 2.75) is 45.9 Å². The van der Waals surface area contributed by atoms with Crippen LogP contribution in [0.15, 0.2) is 30.6 Å². The van der Waals surface area contributed by atoms with Crippen LogP contribution in [0.25, 0.3) is 0 Å². The molecular formula is C24H32ClN5O2. The quantitative estimate of drug-likeness (QED) is 0.688. The molecule has 0 unspecified atom stereocenters. The molecule has 1 aromatic heterocycles. The van der Waals surface area contributed by atoms with E-state index in [2.05, 4.69) is 34.0 Å². The molecule has 1 N–H and O–H groups in total. The van der Waals surface area contributed by atoms with Crippen molar-refractivity contribution in [3.05, 3.63) is 52.4 Å². The molecule has 7 nitrogen and oxygen atoms in total. The third-order valence-corrected chi connectivity index (χ3v) is 6.48. The van der Waals surface area contributed by atoms with E-state index in [1.165, 1.54) is 0 Å². The molecule has 1 saturated heterocycles. The van der Waals surface area contributed by atoms with Crippen molar-refractivity contribution >= 4 is 23.3 Å². The summed E-state index contributed by atoms with van der Waals surface area (Å²) in [6.07, 6.45) is 2.32. The van der Waals surface area contributed by atoms with Crippen LogP contribution in [0.5, 0.6) is 0 Å². The van der Waals surface area contributed by atoms with Crippen LogP contribution < -0.4 is 10.2 Å². The average Bonchev–Trinajstić information content (AvgIpc) is 3.18. The van der Waals surface area contributed by atoms with Crippen LogP contribution in [0.4, 0.5) is 5.82 Å². The molecule has 2 aliphatic rings. The van der Waals surface area contributed by atoms with Gasteiger partial charge >= 0.3 is 0 Å². The van der Waals surface area contributed by atoms with Crippen molar-refractivity contribution < 1.29 is 9.53 Å². The molecule has 172 valence electrons. The molecule has 8 heteroatoms. The number of fused-ring (bicyclic) bond motifs is 1. The van der Waals surface area contributed by atoms with Crippen molar-refractivity contribution in [1.82, 2.24) is 20.2 Å². The van der Waals surface area contributed by atoms with Gasteiger partial charge in [-0.1, -0.05) is 37.6 Å². The molecule has 0 bridgehead atoms. The number of hydrogen-bond donors (Lipinski definition) is 1. The summed E-state index contributed by atoms with van der Waals surface area (Å²) in [7, 11) is 0. The number of amides is 1. The number of ether oxygens (including phenoxy) is 1. The highest BCUT2D eigenvalue weighted by molar-refractivity contribution is 6.30. The van der Waals surface area contributed by atoms with Crippen LogP contribution in [0.2, 0.25) is 5.02 Å². The molecule has 0 spiro atoms. The fourth-order valence-corrected chi connectivity index (χ4v) is 4.54. The van der Waals surface area contributed by atoms with Crippen molar-refractivity contribution in [2.75, 3.05) is 37.6 Å². The summed E-state index contributed by atoms with van der Waals surface area (Å²) in [6.45, 7) is 10.3. The van der Waals surface area contributed by atoms with Crippen molar-refractivity contribution in [3.8, 4) is 0 Å². The summed E-state index contributed by atoms with van der Waals surface area (Å²) in [6, 6.07) is 8.12. The number of aromatic nitrogens is 2. The Hall–Kier alpha value is -2.22. The molecule has 3 heterocycles. The van der Waals surface area contributed by atoms with Gasteiger partial charge in [0.05, 0.1) is 24.3 Å². The van der Waals surface area contributed by atoms with Gasteiger partial charge in [-0.05, 0) is 31.0 Å². The lowest BCUT2D eigenvalue weighted by Crippen LogP contribution is -2.52. The van der Waals surface area contributed by atoms with Crippen molar-refractivity contribution in [1.29, 1.82) is 0 Å². The van der Waals surface area contributed by atoms with Crippen LogP contribution in [0.1, 0.15) is 43.7 Å². The number of hydrogen-bond acceptors (Lipinski definition) is 6. The highest BCUT2D eigenvalue weighted by Crippen LogP contribution is 2.35. The molecular weight excluding hydrogens is 426 g/mol. The molecule has 0 aliphatic carbocycles. The smallest absolute Gasteiger partial charge is 0.227 e. The van der Waals surface area contributed by atoms with E-state index in [1.54, 1.807) is 6.33 Å². The molecule has 0 radical (unpaired) electrons. The number of piperazine rings is 1. The summed E-state index contributed by atoms with van der Waals surface area (Å²) in [5, 5.41) is 4.16. The maximum absolute atomic E-state index is 13.5. The Bertz CT molecular complexity index is 928. The summed E-state index contributed by atoms with van der Waals surface area (Å²) >= 11 is 6.03. The first-order valence-corrected chi connectivity index (χ1v) is 11.8. The van der Waals surface area contributed by atoms with Crippen LogP contribution in [-0.2, 0) is 22.6 Å². The normalized spacial score (nSPS) is 19.3. The van der Waals surface area contributed by atoms with Crippen molar-refractivity contribution in [2.24, 2.45) is 5.92 Å². The van der Waals surface area contributed by atoms with E-state index in [-0.39, 0.29) is 17.9 Å². The van der Waals surface area contributed by atoms with E-state index in [1.807, 2.05) is 36.1 Å². The van der Waals surface area contributed by atoms with Gasteiger partial charge in [0, 0.05) is 49.4 Å². The van der Waals surface area contributed by atoms with E-state index in [9.17, 15) is 4.79 Å². The highest BCUT2D eigenvalue weighted by atomic mass is 35.5. The summed E-state index contributed by atoms with van der Waals surface area (Å²) < 4.78 is 5.75. The Labute approximate surface area is 195 Å². The number of nitrogens with zero attached hydrogens (tertiary/aromatic N) is 4. The number of halogens is 1. The lowest BCUT2D eigenvalue weighted by molar-refractivity contribution is -0.135. The SMILES string of the molecule is CC(C)NC[C@@H](Cc1ccc(Cl)cc1)C(=O)N1CCN(c2ncnc3c2[C@@H](C)OC3)CC1. The maximum atomic E-state index is 13.5. The van der Waals surface area contributed by atoms with Gasteiger partial charge in [0.1, 0.15) is 12.1 Å². The van der Waals surface area contributed by atoms with Crippen LogP contribution in [-0.4, -0.2) is 59.5 Å². The molecule has 4 rings (SSSR count). The minimum absolute atomic E-state index is 0.00623. The molecule has 2 aliphatic heterocycles. The van der Waals surface area contributed by atoms with Crippen LogP contribution >= 0.6 is 11.6 Å². The fourth-order valence-electron chi connectivity index (χ4n) is 4.42. The standard InChI is InChI=1S/C24H32ClN5O2/c1-16(2)26-13-19(12-18-4-6-20(25)7-5-18)24(31)30-10-8-29(9-11-30)23-22-17(3)32-14-21(22)27-15-28-23/h4-7,15-17,19,26H,8-14H2,1-3H3/t17-,19-/m1/s1. The largest absolute Gasteiger partial charge is 0.367 e. The zero-order valence-electron chi connectivity index (χ0n) is 19.1. The van der Waals surface area contributed by atoms with Gasteiger partial charge in [0.15, 0.2) is 0 Å². The Morgan fingerprint density at radius 3 is 2.59 bits per heavy atom. The van der Waals surface area contributed by atoms with Gasteiger partial charge in [-0.15, -0.1) is 0 Å². The van der Waals surface area contributed by atoms with Gasteiger partial charge in [-0.3, -0.25) is 4.79 Å². The minimum atomic E-state index is -0.109. The Kier molecular flexibility index (Phi) is 7.28. The lowest BCUT2D eigenvalue weighted by atomic mass is 9.97. The summed E-state index contributed by atoms with van der Waals surface area (Å²) in [5.41, 5.74) is 3.19. The summed E-state index contributed by atoms with van der Waals surface area (Å²) in [4.78, 5) is 26.6. The Balaban J connectivity index is 1.42. The Morgan fingerprint density at radius 1 is 1.19 bits per heavy atom. The topological polar surface area (TPSA) is 70.6 Å². The number of anilines is 1. The van der Waals surface area contributed by atoms with Crippen molar-refractivity contribution in [3.63, 3.8) is 0 Å². The van der Waals surface area contributed by atoms with E-state index in [0.29, 0.717) is 43.7 Å². The monoisotopic (exact) mass is 457 g/mol. The lowest BCUT2D eigenvalue weighted by Gasteiger charge is -2.38. The fraction of sp³-hybridized carbons (Fsp3) is 0.542.